The molecule has 0 spiro atoms. The molecule has 9 heteroatoms. The van der Waals surface area contributed by atoms with Gasteiger partial charge in [-0.2, -0.15) is 0 Å². The number of amides is 2. The fraction of sp³-hybridized carbons (Fsp3) is 0.474. The lowest BCUT2D eigenvalue weighted by Gasteiger charge is -2.17. The average molecular weight is 413 g/mol. The zero-order valence-corrected chi connectivity index (χ0v) is 16.7. The Balaban J connectivity index is 2.39. The molecule has 0 saturated carbocycles. The number of carbonyl (C=O) groups excluding carboxylic acids is 4. The second kappa shape index (κ2) is 12.7. The van der Waals surface area contributed by atoms with E-state index in [-0.39, 0.29) is 31.3 Å². The molecule has 154 valence electrons. The van der Waals surface area contributed by atoms with Crippen molar-refractivity contribution in [2.24, 2.45) is 0 Å². The Labute approximate surface area is 168 Å². The number of hydrogen-bond acceptors (Lipinski definition) is 6. The quantitative estimate of drug-likeness (QED) is 0.424. The Hall–Kier alpha value is -2.61. The molecule has 0 saturated heterocycles. The van der Waals surface area contributed by atoms with Crippen LogP contribution in [0, 0.1) is 0 Å². The molecule has 2 amide bonds. The summed E-state index contributed by atoms with van der Waals surface area (Å²) in [6, 6.07) is 6.12. The van der Waals surface area contributed by atoms with Gasteiger partial charge in [0.05, 0.1) is 19.1 Å². The molecule has 0 radical (unpaired) electrons. The van der Waals surface area contributed by atoms with Crippen LogP contribution in [0.15, 0.2) is 24.3 Å². The highest BCUT2D eigenvalue weighted by molar-refractivity contribution is 6.30. The van der Waals surface area contributed by atoms with Crippen LogP contribution in [0.1, 0.15) is 44.7 Å². The molecule has 1 aromatic rings. The van der Waals surface area contributed by atoms with E-state index in [1.54, 1.807) is 31.2 Å². The van der Waals surface area contributed by atoms with Gasteiger partial charge in [-0.15, -0.1) is 0 Å². The van der Waals surface area contributed by atoms with E-state index >= 15 is 0 Å². The van der Waals surface area contributed by atoms with E-state index in [9.17, 15) is 19.2 Å². The van der Waals surface area contributed by atoms with Crippen LogP contribution in [0.2, 0.25) is 5.02 Å². The molecule has 1 atom stereocenters. The molecule has 0 fully saturated rings. The first kappa shape index (κ1) is 23.4. The highest BCUT2D eigenvalue weighted by atomic mass is 35.5. The van der Waals surface area contributed by atoms with Crippen LogP contribution < -0.4 is 10.6 Å². The number of ether oxygens (including phenoxy) is 2. The molecule has 2 N–H and O–H groups in total. The minimum Gasteiger partial charge on any atom is -0.466 e. The third kappa shape index (κ3) is 9.91. The van der Waals surface area contributed by atoms with Gasteiger partial charge in [0.15, 0.2) is 6.61 Å². The Morgan fingerprint density at radius 1 is 1.07 bits per heavy atom. The number of esters is 2. The summed E-state index contributed by atoms with van der Waals surface area (Å²) in [5.41, 5.74) is 0.694. The maximum Gasteiger partial charge on any atom is 0.308 e. The summed E-state index contributed by atoms with van der Waals surface area (Å²) < 4.78 is 9.73. The van der Waals surface area contributed by atoms with Crippen LogP contribution in [-0.4, -0.2) is 43.5 Å². The smallest absolute Gasteiger partial charge is 0.308 e. The van der Waals surface area contributed by atoms with Gasteiger partial charge < -0.3 is 20.1 Å². The van der Waals surface area contributed by atoms with Crippen molar-refractivity contribution in [1.29, 1.82) is 0 Å². The van der Waals surface area contributed by atoms with Crippen molar-refractivity contribution in [3.05, 3.63) is 34.9 Å². The first-order chi connectivity index (χ1) is 13.3. The summed E-state index contributed by atoms with van der Waals surface area (Å²) >= 11 is 5.85. The molecule has 1 rings (SSSR count). The molecule has 1 unspecified atom stereocenters. The molecular formula is C19H25ClN2O6. The fourth-order valence-electron chi connectivity index (χ4n) is 2.31. The summed E-state index contributed by atoms with van der Waals surface area (Å²) in [5.74, 6) is -1.73. The SMILES string of the molecule is CCOC(=O)CCCNC(=O)COC(=O)CC(NC(C)=O)c1ccc(Cl)cc1. The van der Waals surface area contributed by atoms with Crippen LogP contribution >= 0.6 is 11.6 Å². The number of hydrogen-bond donors (Lipinski definition) is 2. The van der Waals surface area contributed by atoms with E-state index < -0.39 is 24.5 Å². The number of halogens is 1. The summed E-state index contributed by atoms with van der Waals surface area (Å²) in [6.07, 6.45) is 0.504. The summed E-state index contributed by atoms with van der Waals surface area (Å²) in [7, 11) is 0. The van der Waals surface area contributed by atoms with Crippen molar-refractivity contribution in [1.82, 2.24) is 10.6 Å². The number of nitrogens with one attached hydrogen (secondary N) is 2. The first-order valence-electron chi connectivity index (χ1n) is 8.92. The highest BCUT2D eigenvalue weighted by Crippen LogP contribution is 2.20. The van der Waals surface area contributed by atoms with Crippen molar-refractivity contribution >= 4 is 35.4 Å². The zero-order valence-electron chi connectivity index (χ0n) is 16.0. The minimum absolute atomic E-state index is 0.128. The topological polar surface area (TPSA) is 111 Å². The van der Waals surface area contributed by atoms with Gasteiger partial charge >= 0.3 is 11.9 Å². The molecule has 0 bridgehead atoms. The molecule has 1 aromatic carbocycles. The van der Waals surface area contributed by atoms with E-state index in [1.165, 1.54) is 6.92 Å². The lowest BCUT2D eigenvalue weighted by Crippen LogP contribution is -2.32. The van der Waals surface area contributed by atoms with E-state index in [0.717, 1.165) is 0 Å². The van der Waals surface area contributed by atoms with Crippen LogP contribution in [-0.2, 0) is 28.7 Å². The van der Waals surface area contributed by atoms with E-state index in [0.29, 0.717) is 23.6 Å². The van der Waals surface area contributed by atoms with E-state index in [1.807, 2.05) is 0 Å². The van der Waals surface area contributed by atoms with Crippen molar-refractivity contribution in [3.63, 3.8) is 0 Å². The standard InChI is InChI=1S/C19H25ClN2O6/c1-3-27-18(25)5-4-10-21-17(24)12-28-19(26)11-16(22-13(2)23)14-6-8-15(20)9-7-14/h6-9,16H,3-5,10-12H2,1-2H3,(H,21,24)(H,22,23). The average Bonchev–Trinajstić information content (AvgIpc) is 2.63. The summed E-state index contributed by atoms with van der Waals surface area (Å²) in [5, 5.41) is 5.76. The maximum atomic E-state index is 12.0. The molecule has 0 aliphatic heterocycles. The lowest BCUT2D eigenvalue weighted by atomic mass is 10.0. The van der Waals surface area contributed by atoms with Gasteiger partial charge in [0.25, 0.3) is 5.91 Å². The van der Waals surface area contributed by atoms with E-state index in [4.69, 9.17) is 21.1 Å². The second-order valence-electron chi connectivity index (χ2n) is 5.93. The fourth-order valence-corrected chi connectivity index (χ4v) is 2.44. The Morgan fingerprint density at radius 2 is 1.75 bits per heavy atom. The number of rotatable bonds is 11. The minimum atomic E-state index is -0.629. The molecule has 8 nitrogen and oxygen atoms in total. The number of benzene rings is 1. The molecule has 0 heterocycles. The molecular weight excluding hydrogens is 388 g/mol. The summed E-state index contributed by atoms with van der Waals surface area (Å²) in [4.78, 5) is 46.3. The van der Waals surface area contributed by atoms with Crippen LogP contribution in [0.25, 0.3) is 0 Å². The number of carbonyl (C=O) groups is 4. The van der Waals surface area contributed by atoms with Gasteiger partial charge in [0.1, 0.15) is 0 Å². The maximum absolute atomic E-state index is 12.0. The zero-order chi connectivity index (χ0) is 20.9. The molecule has 28 heavy (non-hydrogen) atoms. The van der Waals surface area contributed by atoms with Crippen LogP contribution in [0.4, 0.5) is 0 Å². The Kier molecular flexibility index (Phi) is 10.6. The summed E-state index contributed by atoms with van der Waals surface area (Å²) in [6.45, 7) is 3.21. The predicted octanol–water partition coefficient (Wildman–Crippen LogP) is 1.91. The molecule has 0 aromatic heterocycles. The van der Waals surface area contributed by atoms with Crippen LogP contribution in [0.3, 0.4) is 0 Å². The lowest BCUT2D eigenvalue weighted by molar-refractivity contribution is -0.149. The normalized spacial score (nSPS) is 11.2. The predicted molar refractivity (Wildman–Crippen MR) is 102 cm³/mol. The van der Waals surface area contributed by atoms with Gasteiger partial charge in [-0.1, -0.05) is 23.7 Å². The second-order valence-corrected chi connectivity index (χ2v) is 6.36. The third-order valence-electron chi connectivity index (χ3n) is 3.57. The highest BCUT2D eigenvalue weighted by Gasteiger charge is 2.19. The van der Waals surface area contributed by atoms with Gasteiger partial charge in [0, 0.05) is 24.9 Å². The van der Waals surface area contributed by atoms with Gasteiger partial charge in [-0.3, -0.25) is 19.2 Å². The third-order valence-corrected chi connectivity index (χ3v) is 3.82. The Morgan fingerprint density at radius 3 is 2.36 bits per heavy atom. The first-order valence-corrected chi connectivity index (χ1v) is 9.30. The van der Waals surface area contributed by atoms with Crippen LogP contribution in [0.5, 0.6) is 0 Å². The largest absolute Gasteiger partial charge is 0.466 e. The van der Waals surface area contributed by atoms with Crippen molar-refractivity contribution in [3.8, 4) is 0 Å². The monoisotopic (exact) mass is 412 g/mol. The van der Waals surface area contributed by atoms with E-state index in [2.05, 4.69) is 10.6 Å². The molecule has 0 aliphatic rings. The van der Waals surface area contributed by atoms with Gasteiger partial charge in [-0.05, 0) is 31.0 Å². The van der Waals surface area contributed by atoms with Crippen molar-refractivity contribution in [2.45, 2.75) is 39.2 Å². The van der Waals surface area contributed by atoms with Gasteiger partial charge in [0.2, 0.25) is 5.91 Å². The Bertz CT molecular complexity index is 678. The van der Waals surface area contributed by atoms with Crippen molar-refractivity contribution < 1.29 is 28.7 Å². The van der Waals surface area contributed by atoms with Gasteiger partial charge in [-0.25, -0.2) is 0 Å². The van der Waals surface area contributed by atoms with Crippen molar-refractivity contribution in [2.75, 3.05) is 19.8 Å². The molecule has 0 aliphatic carbocycles.